The molecule has 11 nitrogen and oxygen atoms in total. The Morgan fingerprint density at radius 1 is 0.831 bits per heavy atom. The Hall–Kier alpha value is -4.62. The van der Waals surface area contributed by atoms with Gasteiger partial charge in [-0.05, 0) is 105 Å². The average molecular weight is 918 g/mol. The van der Waals surface area contributed by atoms with Gasteiger partial charge in [-0.1, -0.05) is 76.0 Å². The Kier molecular flexibility index (Phi) is 14.3. The molecule has 0 fully saturated rings. The molecule has 1 amide bonds. The number of carbonyl (C=O) groups is 2. The lowest BCUT2D eigenvalue weighted by molar-refractivity contribution is -0.219. The molecule has 0 unspecified atom stereocenters. The molecular weight excluding hydrogens is 885 g/mol. The molecule has 0 radical (unpaired) electrons. The molecule has 2 aromatic heterocycles. The van der Waals surface area contributed by atoms with E-state index in [4.69, 9.17) is 74.0 Å². The molecule has 0 saturated heterocycles. The van der Waals surface area contributed by atoms with Gasteiger partial charge < -0.3 is 30.0 Å². The van der Waals surface area contributed by atoms with Crippen molar-refractivity contribution >= 4 is 98.3 Å². The molecule has 0 saturated carbocycles. The summed E-state index contributed by atoms with van der Waals surface area (Å²) in [5.74, 6) is -3.20. The highest BCUT2D eigenvalue weighted by Crippen LogP contribution is 2.51. The molecule has 6 rings (SSSR count). The van der Waals surface area contributed by atoms with Crippen molar-refractivity contribution in [2.45, 2.75) is 51.9 Å². The fourth-order valence-electron chi connectivity index (χ4n) is 6.54. The van der Waals surface area contributed by atoms with E-state index in [0.717, 1.165) is 47.8 Å². The van der Waals surface area contributed by atoms with Crippen LogP contribution in [-0.4, -0.2) is 51.0 Å². The molecule has 3 N–H and O–H groups in total. The van der Waals surface area contributed by atoms with Crippen LogP contribution in [0.2, 0.25) is 30.1 Å². The number of pyridine rings is 2. The van der Waals surface area contributed by atoms with Crippen molar-refractivity contribution in [2.24, 2.45) is 4.99 Å². The van der Waals surface area contributed by atoms with Crippen LogP contribution >= 0.6 is 69.6 Å². The number of carboxylic acid groups (broad SMARTS) is 1. The Labute approximate surface area is 367 Å². The lowest BCUT2D eigenvalue weighted by Gasteiger charge is -2.21. The highest BCUT2D eigenvalue weighted by Gasteiger charge is 2.32. The van der Waals surface area contributed by atoms with E-state index in [1.54, 1.807) is 12.4 Å². The number of rotatable bonds is 15. The number of phenolic OH excluding ortho intramolecular Hbond substituents is 1. The second-order valence-corrected chi connectivity index (χ2v) is 16.0. The molecule has 59 heavy (non-hydrogen) atoms. The highest BCUT2D eigenvalue weighted by atomic mass is 35.5. The van der Waals surface area contributed by atoms with Crippen molar-refractivity contribution in [1.82, 2.24) is 15.3 Å². The zero-order valence-electron chi connectivity index (χ0n) is 31.1. The number of aromatic carboxylic acids is 1. The zero-order valence-corrected chi connectivity index (χ0v) is 35.6. The van der Waals surface area contributed by atoms with Crippen molar-refractivity contribution in [2.75, 3.05) is 13.1 Å². The maximum atomic E-state index is 13.5. The van der Waals surface area contributed by atoms with Gasteiger partial charge in [0.1, 0.15) is 10.0 Å². The van der Waals surface area contributed by atoms with Gasteiger partial charge in [-0.15, -0.1) is 0 Å². The van der Waals surface area contributed by atoms with E-state index >= 15 is 0 Å². The largest absolute Gasteiger partial charge is 0.862 e. The molecule has 0 atom stereocenters. The first kappa shape index (κ1) is 43.9. The van der Waals surface area contributed by atoms with Gasteiger partial charge in [-0.2, -0.15) is 0 Å². The van der Waals surface area contributed by atoms with Crippen molar-refractivity contribution in [3.8, 4) is 39.6 Å². The van der Waals surface area contributed by atoms with Crippen molar-refractivity contribution in [3.05, 3.63) is 117 Å². The third-order valence-electron chi connectivity index (χ3n) is 9.46. The molecule has 1 aliphatic heterocycles. The Morgan fingerprint density at radius 2 is 1.56 bits per heavy atom. The van der Waals surface area contributed by atoms with Crippen LogP contribution in [0.5, 0.6) is 5.75 Å². The summed E-state index contributed by atoms with van der Waals surface area (Å²) < 4.78 is 5.88. The predicted molar refractivity (Wildman–Crippen MR) is 231 cm³/mol. The average Bonchev–Trinajstić information content (AvgIpc) is 3.20. The molecule has 2 aromatic carbocycles. The van der Waals surface area contributed by atoms with E-state index in [1.165, 1.54) is 12.1 Å². The molecule has 0 spiro atoms. The van der Waals surface area contributed by atoms with E-state index in [1.807, 2.05) is 31.2 Å². The van der Waals surface area contributed by atoms with Crippen LogP contribution in [0.25, 0.3) is 44.8 Å². The van der Waals surface area contributed by atoms with E-state index < -0.39 is 33.6 Å². The standard InChI is InChI=1S/C42H34Cl6N4O7/c1-20-9-13-49-28(15-20)29-16-21(10-14-50-29)7-3-2-4-8-30(53)51-11-5-6-12-52-41(56)24-19-25(43)32(42(57)58)33(34(24)46)31-22-17-26(44)37(54)35(47)39(22)59-40-23(31)18-27(45)38(55)36(40)48/h9-10,13-19,54H,2-8,11-12H2,1H3,(H,51,53)(H,52,56)(H,57,58)/p-1. The first-order valence-corrected chi connectivity index (χ1v) is 20.5. The van der Waals surface area contributed by atoms with Gasteiger partial charge in [-0.3, -0.25) is 19.6 Å². The summed E-state index contributed by atoms with van der Waals surface area (Å²) in [6.07, 6.45) is 8.23. The number of unbranched alkanes of at least 4 members (excludes halogenated alkanes) is 3. The minimum atomic E-state index is -1.51. The van der Waals surface area contributed by atoms with Crippen LogP contribution in [0.4, 0.5) is 0 Å². The number of amides is 1. The number of hydrogen-bond acceptors (Lipinski definition) is 9. The summed E-state index contributed by atoms with van der Waals surface area (Å²) in [5, 5.41) is 33.9. The number of nitrogens with one attached hydrogen (secondary N) is 1. The minimum Gasteiger partial charge on any atom is -0.862 e. The summed E-state index contributed by atoms with van der Waals surface area (Å²) in [6.45, 7) is 2.46. The molecule has 4 aromatic rings. The SMILES string of the molecule is Cc1ccnc(-c2cc(CCCCCC([O-])=NCCCCNC(=O)c3cc(Cl)c(C(=O)O)c(-c4c5cc(Cl)c(=O)c(Cl)c-5oc5c(Cl)c(O)c(Cl)cc45)c3Cl)ccn2)c1. The summed E-state index contributed by atoms with van der Waals surface area (Å²) in [5.41, 5.74) is 1.94. The smallest absolute Gasteiger partial charge is 0.337 e. The van der Waals surface area contributed by atoms with Crippen LogP contribution < -0.4 is 15.9 Å². The fraction of sp³-hybridized carbons (Fsp3) is 0.238. The normalized spacial score (nSPS) is 11.7. The van der Waals surface area contributed by atoms with Gasteiger partial charge in [0, 0.05) is 47.6 Å². The summed E-state index contributed by atoms with van der Waals surface area (Å²) in [4.78, 5) is 52.0. The molecule has 306 valence electrons. The van der Waals surface area contributed by atoms with Gasteiger partial charge >= 0.3 is 5.97 Å². The van der Waals surface area contributed by atoms with E-state index in [9.17, 15) is 29.7 Å². The van der Waals surface area contributed by atoms with Crippen molar-refractivity contribution in [3.63, 3.8) is 0 Å². The zero-order chi connectivity index (χ0) is 42.5. The van der Waals surface area contributed by atoms with Crippen LogP contribution in [0.1, 0.15) is 70.4 Å². The lowest BCUT2D eigenvalue weighted by Crippen LogP contribution is -2.25. The number of nitrogens with zero attached hydrogens (tertiary/aromatic N) is 3. The van der Waals surface area contributed by atoms with Crippen LogP contribution in [-0.2, 0) is 6.42 Å². The number of aliphatic imine (C=N–C) groups is 1. The quantitative estimate of drug-likeness (QED) is 0.0391. The Balaban J connectivity index is 1.10. The first-order chi connectivity index (χ1) is 28.2. The maximum absolute atomic E-state index is 13.5. The summed E-state index contributed by atoms with van der Waals surface area (Å²) in [6, 6.07) is 11.5. The molecule has 17 heteroatoms. The second-order valence-electron chi connectivity index (χ2n) is 13.6. The first-order valence-electron chi connectivity index (χ1n) is 18.3. The van der Waals surface area contributed by atoms with Gasteiger partial charge in [0.05, 0.1) is 42.6 Å². The van der Waals surface area contributed by atoms with Crippen LogP contribution in [0.3, 0.4) is 0 Å². The topological polar surface area (TPSA) is 178 Å². The number of aromatic hydroxyl groups is 1. The number of carboxylic acids is 1. The molecule has 3 heterocycles. The second kappa shape index (κ2) is 19.2. The number of hydrogen-bond donors (Lipinski definition) is 3. The maximum Gasteiger partial charge on any atom is 0.337 e. The van der Waals surface area contributed by atoms with Gasteiger partial charge in [0.2, 0.25) is 5.43 Å². The van der Waals surface area contributed by atoms with E-state index in [-0.39, 0.29) is 83.1 Å². The molecule has 1 aliphatic carbocycles. The van der Waals surface area contributed by atoms with Crippen molar-refractivity contribution < 1.29 is 29.3 Å². The number of fused-ring (bicyclic) bond motifs is 2. The summed E-state index contributed by atoms with van der Waals surface area (Å²) >= 11 is 38.7. The summed E-state index contributed by atoms with van der Waals surface area (Å²) in [7, 11) is 0. The van der Waals surface area contributed by atoms with Crippen molar-refractivity contribution in [1.29, 1.82) is 0 Å². The van der Waals surface area contributed by atoms with E-state index in [2.05, 4.69) is 20.3 Å². The third-order valence-corrected chi connectivity index (χ3v) is 11.4. The highest BCUT2D eigenvalue weighted by molar-refractivity contribution is 6.44. The number of benzene rings is 3. The van der Waals surface area contributed by atoms with Gasteiger partial charge in [0.15, 0.2) is 17.1 Å². The van der Waals surface area contributed by atoms with Crippen LogP contribution in [0, 0.1) is 6.92 Å². The predicted octanol–water partition coefficient (Wildman–Crippen LogP) is 10.7. The van der Waals surface area contributed by atoms with E-state index in [0.29, 0.717) is 25.7 Å². The van der Waals surface area contributed by atoms with Gasteiger partial charge in [-0.25, -0.2) is 4.79 Å². The number of halogens is 6. The number of phenols is 1. The number of aromatic nitrogens is 2. The number of carbonyl (C=O) groups excluding carboxylic acids is 1. The van der Waals surface area contributed by atoms with Crippen LogP contribution in [0.15, 0.2) is 69.1 Å². The molecule has 0 bridgehead atoms. The Bertz CT molecular complexity index is 2670. The monoisotopic (exact) mass is 915 g/mol. The molecular formula is C42H33Cl6N4O7-. The number of aryl methyl sites for hydroxylation is 2. The Morgan fingerprint density at radius 3 is 2.29 bits per heavy atom. The fourth-order valence-corrected chi connectivity index (χ4v) is 8.14. The minimum absolute atomic E-state index is 0.0110. The van der Waals surface area contributed by atoms with Gasteiger partial charge in [0.25, 0.3) is 5.91 Å². The lowest BCUT2D eigenvalue weighted by atomic mass is 9.89. The third kappa shape index (κ3) is 9.72. The molecule has 2 aliphatic rings.